The van der Waals surface area contributed by atoms with E-state index in [4.69, 9.17) is 0 Å². The predicted molar refractivity (Wildman–Crippen MR) is 71.6 cm³/mol. The predicted octanol–water partition coefficient (Wildman–Crippen LogP) is 4.73. The molecule has 5 aliphatic carbocycles. The van der Waals surface area contributed by atoms with Gasteiger partial charge in [0, 0.05) is 5.41 Å². The molecule has 0 aromatic rings. The van der Waals surface area contributed by atoms with E-state index in [2.05, 4.69) is 32.1 Å². The van der Waals surface area contributed by atoms with Crippen molar-refractivity contribution in [2.24, 2.45) is 28.6 Å². The summed E-state index contributed by atoms with van der Waals surface area (Å²) in [6, 6.07) is 0. The second kappa shape index (κ2) is 3.08. The lowest BCUT2D eigenvalue weighted by molar-refractivity contribution is -0.0934. The molecule has 4 fully saturated rings. The maximum absolute atomic E-state index is 2.57. The summed E-state index contributed by atoms with van der Waals surface area (Å²) in [5, 5.41) is 0. The van der Waals surface area contributed by atoms with Crippen molar-refractivity contribution >= 4 is 0 Å². The fraction of sp³-hybridized carbons (Fsp3) is 0.765. The first-order valence-electron chi connectivity index (χ1n) is 7.47. The zero-order valence-corrected chi connectivity index (χ0v) is 11.2. The van der Waals surface area contributed by atoms with Crippen LogP contribution in [0.15, 0.2) is 23.8 Å². The average Bonchev–Trinajstić information content (AvgIpc) is 2.58. The van der Waals surface area contributed by atoms with Gasteiger partial charge in [0.25, 0.3) is 0 Å². The van der Waals surface area contributed by atoms with Crippen LogP contribution in [0.4, 0.5) is 0 Å². The number of hydrogen-bond acceptors (Lipinski definition) is 0. The Morgan fingerprint density at radius 2 is 1.53 bits per heavy atom. The molecule has 0 saturated heterocycles. The van der Waals surface area contributed by atoms with Crippen LogP contribution in [0.1, 0.15) is 52.4 Å². The first-order chi connectivity index (χ1) is 8.09. The van der Waals surface area contributed by atoms with E-state index in [0.717, 1.165) is 17.8 Å². The van der Waals surface area contributed by atoms with Gasteiger partial charge in [-0.1, -0.05) is 30.7 Å². The van der Waals surface area contributed by atoms with E-state index in [9.17, 15) is 0 Å². The van der Waals surface area contributed by atoms with Gasteiger partial charge in [0.05, 0.1) is 0 Å². The highest BCUT2D eigenvalue weighted by Crippen LogP contribution is 2.67. The molecule has 17 heavy (non-hydrogen) atoms. The van der Waals surface area contributed by atoms with E-state index in [0.29, 0.717) is 10.8 Å². The molecule has 1 unspecified atom stereocenters. The van der Waals surface area contributed by atoms with Gasteiger partial charge in [-0.2, -0.15) is 0 Å². The van der Waals surface area contributed by atoms with Crippen LogP contribution in [0.5, 0.6) is 0 Å². The molecule has 0 radical (unpaired) electrons. The number of hydrogen-bond donors (Lipinski definition) is 0. The van der Waals surface area contributed by atoms with Crippen molar-refractivity contribution in [3.8, 4) is 0 Å². The Morgan fingerprint density at radius 1 is 1.00 bits per heavy atom. The quantitative estimate of drug-likeness (QED) is 0.609. The smallest absolute Gasteiger partial charge is 0.00982 e. The van der Waals surface area contributed by atoms with E-state index >= 15 is 0 Å². The maximum Gasteiger partial charge on any atom is 0.00982 e. The molecule has 0 N–H and O–H groups in total. The lowest BCUT2D eigenvalue weighted by Gasteiger charge is -2.61. The Kier molecular flexibility index (Phi) is 1.88. The molecule has 0 nitrogen and oxygen atoms in total. The summed E-state index contributed by atoms with van der Waals surface area (Å²) in [4.78, 5) is 0. The molecular formula is C17H24. The standard InChI is InChI=1S/C17H24/c1-12-3-4-16(2,8-12)17-9-13-5-14(10-17)7-15(6-13)11-17/h3-4,8,13-15H,5-7,9-11H2,1-2H3. The normalized spacial score (nSPS) is 55.4. The van der Waals surface area contributed by atoms with Crippen LogP contribution in [0, 0.1) is 28.6 Å². The van der Waals surface area contributed by atoms with Crippen LogP contribution in [-0.4, -0.2) is 0 Å². The van der Waals surface area contributed by atoms with Gasteiger partial charge in [-0.05, 0) is 68.6 Å². The summed E-state index contributed by atoms with van der Waals surface area (Å²) in [6.07, 6.45) is 16.7. The Morgan fingerprint density at radius 3 is 1.94 bits per heavy atom. The van der Waals surface area contributed by atoms with Crippen LogP contribution in [0.3, 0.4) is 0 Å². The van der Waals surface area contributed by atoms with Crippen LogP contribution < -0.4 is 0 Å². The molecule has 5 rings (SSSR count). The largest absolute Gasteiger partial charge is 0.0740 e. The van der Waals surface area contributed by atoms with Crippen molar-refractivity contribution in [3.63, 3.8) is 0 Å². The molecule has 1 atom stereocenters. The average molecular weight is 228 g/mol. The summed E-state index contributed by atoms with van der Waals surface area (Å²) in [5.74, 6) is 3.21. The van der Waals surface area contributed by atoms with Gasteiger partial charge in [-0.15, -0.1) is 0 Å². The van der Waals surface area contributed by atoms with Crippen molar-refractivity contribution in [2.75, 3.05) is 0 Å². The van der Waals surface area contributed by atoms with E-state index in [1.165, 1.54) is 24.8 Å². The van der Waals surface area contributed by atoms with Crippen LogP contribution >= 0.6 is 0 Å². The zero-order valence-electron chi connectivity index (χ0n) is 11.2. The van der Waals surface area contributed by atoms with Crippen LogP contribution in [-0.2, 0) is 0 Å². The van der Waals surface area contributed by atoms with Gasteiger partial charge in [0.2, 0.25) is 0 Å². The summed E-state index contributed by atoms with van der Waals surface area (Å²) in [6.45, 7) is 4.77. The molecule has 0 amide bonds. The number of rotatable bonds is 1. The first-order valence-corrected chi connectivity index (χ1v) is 7.47. The molecule has 0 aromatic carbocycles. The number of allylic oxidation sites excluding steroid dienone is 4. The van der Waals surface area contributed by atoms with Crippen molar-refractivity contribution < 1.29 is 0 Å². The fourth-order valence-electron chi connectivity index (χ4n) is 5.97. The first kappa shape index (κ1) is 10.4. The van der Waals surface area contributed by atoms with Crippen molar-refractivity contribution in [1.82, 2.24) is 0 Å². The van der Waals surface area contributed by atoms with Gasteiger partial charge >= 0.3 is 0 Å². The lowest BCUT2D eigenvalue weighted by atomic mass is 9.43. The summed E-state index contributed by atoms with van der Waals surface area (Å²) >= 11 is 0. The third-order valence-corrected chi connectivity index (χ3v) is 6.40. The van der Waals surface area contributed by atoms with Crippen molar-refractivity contribution in [1.29, 1.82) is 0 Å². The lowest BCUT2D eigenvalue weighted by Crippen LogP contribution is -2.52. The van der Waals surface area contributed by atoms with Crippen LogP contribution in [0.25, 0.3) is 0 Å². The molecule has 92 valence electrons. The van der Waals surface area contributed by atoms with Gasteiger partial charge in [0.1, 0.15) is 0 Å². The highest BCUT2D eigenvalue weighted by atomic mass is 14.6. The van der Waals surface area contributed by atoms with Gasteiger partial charge in [-0.25, -0.2) is 0 Å². The Labute approximate surface area is 105 Å². The minimum absolute atomic E-state index is 0.382. The molecule has 0 heteroatoms. The molecule has 4 bridgehead atoms. The van der Waals surface area contributed by atoms with Crippen molar-refractivity contribution in [3.05, 3.63) is 23.8 Å². The molecule has 5 aliphatic rings. The minimum atomic E-state index is 0.382. The topological polar surface area (TPSA) is 0 Å². The minimum Gasteiger partial charge on any atom is -0.0740 e. The molecule has 4 saturated carbocycles. The van der Waals surface area contributed by atoms with Crippen LogP contribution in [0.2, 0.25) is 0 Å². The van der Waals surface area contributed by atoms with E-state index < -0.39 is 0 Å². The highest BCUT2D eigenvalue weighted by molar-refractivity contribution is 5.35. The third kappa shape index (κ3) is 1.30. The van der Waals surface area contributed by atoms with E-state index in [1.54, 1.807) is 19.3 Å². The monoisotopic (exact) mass is 228 g/mol. The Balaban J connectivity index is 1.76. The third-order valence-electron chi connectivity index (χ3n) is 6.40. The highest BCUT2D eigenvalue weighted by Gasteiger charge is 2.57. The molecule has 0 heterocycles. The summed E-state index contributed by atoms with van der Waals surface area (Å²) < 4.78 is 0. The van der Waals surface area contributed by atoms with Crippen molar-refractivity contribution in [2.45, 2.75) is 52.4 Å². The second-order valence-electron chi connectivity index (χ2n) is 7.70. The molecular weight excluding hydrogens is 204 g/mol. The summed E-state index contributed by atoms with van der Waals surface area (Å²) in [7, 11) is 0. The molecule has 0 spiro atoms. The van der Waals surface area contributed by atoms with Gasteiger partial charge in [-0.3, -0.25) is 0 Å². The van der Waals surface area contributed by atoms with E-state index in [1.807, 2.05) is 0 Å². The maximum atomic E-state index is 2.57. The molecule has 0 aromatic heterocycles. The zero-order chi connectivity index (χ0) is 11.7. The van der Waals surface area contributed by atoms with Gasteiger partial charge in [0.15, 0.2) is 0 Å². The van der Waals surface area contributed by atoms with Gasteiger partial charge < -0.3 is 0 Å². The second-order valence-corrected chi connectivity index (χ2v) is 7.70. The SMILES string of the molecule is CC1=CC(C)(C23CC4CC(CC(C4)C2)C3)C=C1. The Bertz CT molecular complexity index is 376. The summed E-state index contributed by atoms with van der Waals surface area (Å²) in [5.41, 5.74) is 2.51. The Hall–Kier alpha value is -0.520. The fourth-order valence-corrected chi connectivity index (χ4v) is 5.97. The molecule has 0 aliphatic heterocycles. The van der Waals surface area contributed by atoms with E-state index in [-0.39, 0.29) is 0 Å².